The van der Waals surface area contributed by atoms with Crippen LogP contribution in [0.15, 0.2) is 18.2 Å². The molecule has 2 saturated heterocycles. The number of halogens is 1. The molecule has 22 heavy (non-hydrogen) atoms. The van der Waals surface area contributed by atoms with E-state index in [-0.39, 0.29) is 5.82 Å². The number of ether oxygens (including phenoxy) is 1. The highest BCUT2D eigenvalue weighted by atomic mass is 19.1. The van der Waals surface area contributed by atoms with Gasteiger partial charge in [-0.3, -0.25) is 0 Å². The van der Waals surface area contributed by atoms with Crippen molar-refractivity contribution in [1.82, 2.24) is 0 Å². The van der Waals surface area contributed by atoms with Crippen molar-refractivity contribution in [3.8, 4) is 0 Å². The molecule has 1 aromatic carbocycles. The Labute approximate surface area is 131 Å². The van der Waals surface area contributed by atoms with Crippen LogP contribution in [0.5, 0.6) is 0 Å². The van der Waals surface area contributed by atoms with E-state index in [2.05, 4.69) is 4.90 Å². The third-order valence-electron chi connectivity index (χ3n) is 4.81. The zero-order valence-electron chi connectivity index (χ0n) is 13.7. The summed E-state index contributed by atoms with van der Waals surface area (Å²) in [5, 5.41) is 0. The van der Waals surface area contributed by atoms with Gasteiger partial charge in [-0.2, -0.15) is 0 Å². The molecule has 0 aromatic heterocycles. The normalized spacial score (nSPS) is 23.9. The number of morpholine rings is 1. The second-order valence-corrected chi connectivity index (χ2v) is 6.93. The molecule has 6 heteroatoms. The van der Waals surface area contributed by atoms with Crippen LogP contribution in [-0.2, 0) is 14.0 Å². The first-order valence-corrected chi connectivity index (χ1v) is 7.77. The Morgan fingerprint density at radius 3 is 2.18 bits per heavy atom. The number of hydrogen-bond acceptors (Lipinski definition) is 4. The van der Waals surface area contributed by atoms with E-state index >= 15 is 0 Å². The second-order valence-electron chi connectivity index (χ2n) is 6.93. The molecule has 1 aromatic rings. The lowest BCUT2D eigenvalue weighted by Crippen LogP contribution is -2.41. The van der Waals surface area contributed by atoms with Gasteiger partial charge in [0.05, 0.1) is 24.4 Å². The van der Waals surface area contributed by atoms with Gasteiger partial charge in [-0.05, 0) is 51.4 Å². The van der Waals surface area contributed by atoms with E-state index in [1.54, 1.807) is 6.07 Å². The van der Waals surface area contributed by atoms with Gasteiger partial charge >= 0.3 is 7.12 Å². The van der Waals surface area contributed by atoms with Crippen LogP contribution in [0.25, 0.3) is 0 Å². The summed E-state index contributed by atoms with van der Waals surface area (Å²) in [4.78, 5) is 2.13. The molecule has 0 unspecified atom stereocenters. The van der Waals surface area contributed by atoms with E-state index in [0.29, 0.717) is 13.2 Å². The second kappa shape index (κ2) is 5.51. The van der Waals surface area contributed by atoms with Crippen LogP contribution in [0, 0.1) is 5.82 Å². The Morgan fingerprint density at radius 1 is 1.00 bits per heavy atom. The monoisotopic (exact) mass is 307 g/mol. The van der Waals surface area contributed by atoms with Gasteiger partial charge in [0.15, 0.2) is 0 Å². The molecule has 0 radical (unpaired) electrons. The standard InChI is InChI=1S/C16H23BFNO3/c1-15(2)16(3,4)22-17(21-15)12-9-13(18)11-14(10-12)19-5-7-20-8-6-19/h9-11H,5-8H2,1-4H3. The average molecular weight is 307 g/mol. The van der Waals surface area contributed by atoms with Crippen molar-refractivity contribution in [3.05, 3.63) is 24.0 Å². The number of hydrogen-bond donors (Lipinski definition) is 0. The number of rotatable bonds is 2. The number of benzene rings is 1. The van der Waals surface area contributed by atoms with Gasteiger partial charge in [0.25, 0.3) is 0 Å². The van der Waals surface area contributed by atoms with Crippen molar-refractivity contribution < 1.29 is 18.4 Å². The van der Waals surface area contributed by atoms with Crippen LogP contribution in [-0.4, -0.2) is 44.6 Å². The maximum atomic E-state index is 14.1. The lowest BCUT2D eigenvalue weighted by Gasteiger charge is -2.32. The molecule has 3 rings (SSSR count). The summed E-state index contributed by atoms with van der Waals surface area (Å²) in [6, 6.07) is 5.00. The van der Waals surface area contributed by atoms with Crippen LogP contribution >= 0.6 is 0 Å². The fraction of sp³-hybridized carbons (Fsp3) is 0.625. The molecule has 120 valence electrons. The van der Waals surface area contributed by atoms with Gasteiger partial charge < -0.3 is 18.9 Å². The van der Waals surface area contributed by atoms with Crippen molar-refractivity contribution in [2.45, 2.75) is 38.9 Å². The van der Waals surface area contributed by atoms with Gasteiger partial charge in [-0.1, -0.05) is 0 Å². The van der Waals surface area contributed by atoms with E-state index in [1.807, 2.05) is 33.8 Å². The summed E-state index contributed by atoms with van der Waals surface area (Å²) in [7, 11) is -0.541. The summed E-state index contributed by atoms with van der Waals surface area (Å²) in [5.74, 6) is -0.270. The van der Waals surface area contributed by atoms with Crippen LogP contribution in [0.4, 0.5) is 10.1 Å². The molecule has 0 amide bonds. The first-order valence-electron chi connectivity index (χ1n) is 7.77. The van der Waals surface area contributed by atoms with Gasteiger partial charge in [0, 0.05) is 18.8 Å². The van der Waals surface area contributed by atoms with Gasteiger partial charge in [0.1, 0.15) is 5.82 Å². The highest BCUT2D eigenvalue weighted by molar-refractivity contribution is 6.62. The predicted octanol–water partition coefficient (Wildman–Crippen LogP) is 1.96. The van der Waals surface area contributed by atoms with Crippen LogP contribution in [0.3, 0.4) is 0 Å². The van der Waals surface area contributed by atoms with Crippen LogP contribution < -0.4 is 10.4 Å². The third-order valence-corrected chi connectivity index (χ3v) is 4.81. The minimum Gasteiger partial charge on any atom is -0.399 e. The fourth-order valence-corrected chi connectivity index (χ4v) is 2.72. The molecule has 2 fully saturated rings. The largest absolute Gasteiger partial charge is 0.495 e. The highest BCUT2D eigenvalue weighted by Gasteiger charge is 2.51. The molecular weight excluding hydrogens is 284 g/mol. The van der Waals surface area contributed by atoms with Gasteiger partial charge in [-0.25, -0.2) is 4.39 Å². The molecule has 0 bridgehead atoms. The fourth-order valence-electron chi connectivity index (χ4n) is 2.72. The van der Waals surface area contributed by atoms with E-state index in [0.717, 1.165) is 24.2 Å². The minimum atomic E-state index is -0.541. The van der Waals surface area contributed by atoms with Crippen molar-refractivity contribution in [3.63, 3.8) is 0 Å². The van der Waals surface area contributed by atoms with Crippen molar-refractivity contribution in [2.24, 2.45) is 0 Å². The zero-order valence-corrected chi connectivity index (χ0v) is 13.7. The summed E-state index contributed by atoms with van der Waals surface area (Å²) >= 11 is 0. The van der Waals surface area contributed by atoms with Gasteiger partial charge in [-0.15, -0.1) is 0 Å². The third kappa shape index (κ3) is 2.87. The highest BCUT2D eigenvalue weighted by Crippen LogP contribution is 2.36. The summed E-state index contributed by atoms with van der Waals surface area (Å²) in [6.07, 6.45) is 0. The number of nitrogens with zero attached hydrogens (tertiary/aromatic N) is 1. The van der Waals surface area contributed by atoms with E-state index < -0.39 is 18.3 Å². The van der Waals surface area contributed by atoms with Gasteiger partial charge in [0.2, 0.25) is 0 Å². The molecule has 0 atom stereocenters. The molecule has 4 nitrogen and oxygen atoms in total. The first-order chi connectivity index (χ1) is 10.3. The first kappa shape index (κ1) is 15.8. The Balaban J connectivity index is 1.87. The summed E-state index contributed by atoms with van der Waals surface area (Å²) in [6.45, 7) is 10.9. The van der Waals surface area contributed by atoms with E-state index in [1.165, 1.54) is 6.07 Å². The maximum Gasteiger partial charge on any atom is 0.495 e. The summed E-state index contributed by atoms with van der Waals surface area (Å²) < 4.78 is 31.4. The molecule has 0 spiro atoms. The van der Waals surface area contributed by atoms with Crippen LogP contribution in [0.1, 0.15) is 27.7 Å². The lowest BCUT2D eigenvalue weighted by molar-refractivity contribution is 0.00578. The molecule has 2 aliphatic heterocycles. The van der Waals surface area contributed by atoms with E-state index in [9.17, 15) is 4.39 Å². The van der Waals surface area contributed by atoms with E-state index in [4.69, 9.17) is 14.0 Å². The molecule has 2 aliphatic rings. The average Bonchev–Trinajstić information content (AvgIpc) is 2.68. The molecular formula is C16H23BFNO3. The lowest BCUT2D eigenvalue weighted by atomic mass is 9.79. The zero-order chi connectivity index (χ0) is 16.0. The van der Waals surface area contributed by atoms with Crippen molar-refractivity contribution in [1.29, 1.82) is 0 Å². The number of anilines is 1. The minimum absolute atomic E-state index is 0.270. The molecule has 2 heterocycles. The quantitative estimate of drug-likeness (QED) is 0.782. The van der Waals surface area contributed by atoms with Crippen molar-refractivity contribution in [2.75, 3.05) is 31.2 Å². The maximum absolute atomic E-state index is 14.1. The Hall–Kier alpha value is -1.11. The molecule has 0 saturated carbocycles. The smallest absolute Gasteiger partial charge is 0.399 e. The SMILES string of the molecule is CC1(C)OB(c2cc(F)cc(N3CCOCC3)c2)OC1(C)C. The summed E-state index contributed by atoms with van der Waals surface area (Å²) in [5.41, 5.74) is 0.722. The predicted molar refractivity (Wildman–Crippen MR) is 85.1 cm³/mol. The molecule has 0 N–H and O–H groups in total. The Bertz CT molecular complexity index is 542. The Kier molecular flexibility index (Phi) is 3.95. The molecule has 0 aliphatic carbocycles. The van der Waals surface area contributed by atoms with Crippen LogP contribution in [0.2, 0.25) is 0 Å². The topological polar surface area (TPSA) is 30.9 Å². The van der Waals surface area contributed by atoms with Crippen molar-refractivity contribution >= 4 is 18.3 Å². The Morgan fingerprint density at radius 2 is 1.59 bits per heavy atom.